The molecule has 0 saturated carbocycles. The molecule has 1 aromatic carbocycles. The zero-order valence-electron chi connectivity index (χ0n) is 8.94. The van der Waals surface area contributed by atoms with Gasteiger partial charge in [-0.1, -0.05) is 13.0 Å². The molecule has 0 spiro atoms. The molecule has 0 aromatic heterocycles. The smallest absolute Gasteiger partial charge is 0.156 e. The van der Waals surface area contributed by atoms with Crippen LogP contribution in [0.4, 0.5) is 5.69 Å². The number of hydrogen-bond donors (Lipinski definition) is 1. The fraction of sp³-hybridized carbons (Fsp3) is 0.400. The van der Waals surface area contributed by atoms with E-state index in [1.807, 2.05) is 0 Å². The van der Waals surface area contributed by atoms with Crippen molar-refractivity contribution in [3.63, 3.8) is 0 Å². The maximum atomic E-state index is 11.2. The molecule has 0 aliphatic carbocycles. The minimum absolute atomic E-state index is 0.00424. The van der Waals surface area contributed by atoms with Gasteiger partial charge >= 0.3 is 0 Å². The second kappa shape index (κ2) is 5.54. The normalized spacial score (nSPS) is 11.4. The number of anilines is 1. The summed E-state index contributed by atoms with van der Waals surface area (Å²) >= 11 is 3.29. The molecule has 0 aliphatic heterocycles. The summed E-state index contributed by atoms with van der Waals surface area (Å²) in [5.41, 5.74) is 6.19. The minimum Gasteiger partial charge on any atom is -0.489 e. The van der Waals surface area contributed by atoms with Crippen LogP contribution in [-0.4, -0.2) is 26.5 Å². The molecule has 0 amide bonds. The Hall–Kier alpha value is -0.750. The number of benzene rings is 1. The minimum atomic E-state index is -3.00. The van der Waals surface area contributed by atoms with Gasteiger partial charge in [-0.05, 0) is 28.1 Å². The van der Waals surface area contributed by atoms with Crippen molar-refractivity contribution in [2.75, 3.05) is 23.8 Å². The van der Waals surface area contributed by atoms with Crippen molar-refractivity contribution < 1.29 is 13.2 Å². The highest BCUT2D eigenvalue weighted by molar-refractivity contribution is 9.10. The number of nitrogens with two attached hydrogens (primary N) is 1. The van der Waals surface area contributed by atoms with Crippen LogP contribution in [0, 0.1) is 0 Å². The lowest BCUT2D eigenvalue weighted by atomic mass is 10.3. The highest BCUT2D eigenvalue weighted by atomic mass is 79.9. The summed E-state index contributed by atoms with van der Waals surface area (Å²) in [7, 11) is -3.00. The Morgan fingerprint density at radius 3 is 2.69 bits per heavy atom. The Morgan fingerprint density at radius 1 is 1.44 bits per heavy atom. The molecule has 0 radical (unpaired) electrons. The molecule has 0 atom stereocenters. The third-order valence-corrected chi connectivity index (χ3v) is 4.37. The van der Waals surface area contributed by atoms with Crippen molar-refractivity contribution in [3.05, 3.63) is 22.7 Å². The average Bonchev–Trinajstić information content (AvgIpc) is 2.22. The van der Waals surface area contributed by atoms with Gasteiger partial charge in [0.05, 0.1) is 15.9 Å². The Bertz CT molecular complexity index is 439. The molecule has 0 heterocycles. The van der Waals surface area contributed by atoms with E-state index < -0.39 is 9.84 Å². The highest BCUT2D eigenvalue weighted by Gasteiger charge is 2.10. The molecule has 90 valence electrons. The standard InChI is InChI=1S/C10H14BrNO3S/c1-2-16(13,14)7-6-15-10-8(11)4-3-5-9(10)12/h3-5H,2,6-7,12H2,1H3. The van der Waals surface area contributed by atoms with Crippen LogP contribution in [0.3, 0.4) is 0 Å². The van der Waals surface area contributed by atoms with E-state index in [0.717, 1.165) is 4.47 Å². The van der Waals surface area contributed by atoms with E-state index in [4.69, 9.17) is 10.5 Å². The second-order valence-electron chi connectivity index (χ2n) is 3.24. The molecule has 16 heavy (non-hydrogen) atoms. The van der Waals surface area contributed by atoms with Crippen molar-refractivity contribution in [1.82, 2.24) is 0 Å². The van der Waals surface area contributed by atoms with E-state index in [1.54, 1.807) is 25.1 Å². The number of para-hydroxylation sites is 1. The van der Waals surface area contributed by atoms with E-state index in [2.05, 4.69) is 15.9 Å². The number of ether oxygens (including phenoxy) is 1. The highest BCUT2D eigenvalue weighted by Crippen LogP contribution is 2.30. The van der Waals surface area contributed by atoms with Gasteiger partial charge in [0.25, 0.3) is 0 Å². The molecular formula is C10H14BrNO3S. The Kier molecular flexibility index (Phi) is 4.61. The molecule has 6 heteroatoms. The molecular weight excluding hydrogens is 294 g/mol. The maximum Gasteiger partial charge on any atom is 0.156 e. The molecule has 0 saturated heterocycles. The van der Waals surface area contributed by atoms with Crippen molar-refractivity contribution in [2.24, 2.45) is 0 Å². The first-order valence-electron chi connectivity index (χ1n) is 4.83. The molecule has 2 N–H and O–H groups in total. The summed E-state index contributed by atoms with van der Waals surface area (Å²) in [6.45, 7) is 1.73. The van der Waals surface area contributed by atoms with Gasteiger partial charge in [-0.15, -0.1) is 0 Å². The van der Waals surface area contributed by atoms with Crippen LogP contribution in [0.5, 0.6) is 5.75 Å². The van der Waals surface area contributed by atoms with Gasteiger partial charge in [-0.3, -0.25) is 0 Å². The molecule has 0 unspecified atom stereocenters. The largest absolute Gasteiger partial charge is 0.489 e. The number of halogens is 1. The van der Waals surface area contributed by atoms with E-state index in [9.17, 15) is 8.42 Å². The molecule has 0 aliphatic rings. The quantitative estimate of drug-likeness (QED) is 0.843. The number of rotatable bonds is 5. The van der Waals surface area contributed by atoms with Gasteiger partial charge in [0.1, 0.15) is 6.61 Å². The first-order valence-corrected chi connectivity index (χ1v) is 7.45. The summed E-state index contributed by atoms with van der Waals surface area (Å²) in [6, 6.07) is 5.28. The first-order chi connectivity index (χ1) is 7.46. The monoisotopic (exact) mass is 307 g/mol. The average molecular weight is 308 g/mol. The van der Waals surface area contributed by atoms with Gasteiger partial charge in [0.2, 0.25) is 0 Å². The maximum absolute atomic E-state index is 11.2. The Labute approximate surface area is 104 Å². The van der Waals surface area contributed by atoms with Crippen LogP contribution in [0.15, 0.2) is 22.7 Å². The van der Waals surface area contributed by atoms with Gasteiger partial charge < -0.3 is 10.5 Å². The number of nitrogen functional groups attached to an aromatic ring is 1. The zero-order valence-corrected chi connectivity index (χ0v) is 11.3. The van der Waals surface area contributed by atoms with E-state index in [0.29, 0.717) is 11.4 Å². The van der Waals surface area contributed by atoms with Crippen molar-refractivity contribution >= 4 is 31.5 Å². The van der Waals surface area contributed by atoms with Crippen LogP contribution >= 0.6 is 15.9 Å². The van der Waals surface area contributed by atoms with E-state index in [-0.39, 0.29) is 18.1 Å². The molecule has 0 bridgehead atoms. The first kappa shape index (κ1) is 13.3. The van der Waals surface area contributed by atoms with Crippen molar-refractivity contribution in [3.8, 4) is 5.75 Å². The Balaban J connectivity index is 2.62. The van der Waals surface area contributed by atoms with Gasteiger partial charge in [-0.25, -0.2) is 8.42 Å². The van der Waals surface area contributed by atoms with Gasteiger partial charge in [0.15, 0.2) is 15.6 Å². The molecule has 1 rings (SSSR count). The van der Waals surface area contributed by atoms with Crippen LogP contribution < -0.4 is 10.5 Å². The molecule has 0 fully saturated rings. The fourth-order valence-electron chi connectivity index (χ4n) is 1.09. The van der Waals surface area contributed by atoms with E-state index >= 15 is 0 Å². The SMILES string of the molecule is CCS(=O)(=O)CCOc1c(N)cccc1Br. The molecule has 4 nitrogen and oxygen atoms in total. The van der Waals surface area contributed by atoms with Crippen LogP contribution in [0.2, 0.25) is 0 Å². The lowest BCUT2D eigenvalue weighted by Gasteiger charge is -2.10. The van der Waals surface area contributed by atoms with Crippen molar-refractivity contribution in [2.45, 2.75) is 6.92 Å². The lowest BCUT2D eigenvalue weighted by molar-refractivity contribution is 0.340. The van der Waals surface area contributed by atoms with Crippen LogP contribution in [0.25, 0.3) is 0 Å². The van der Waals surface area contributed by atoms with Crippen molar-refractivity contribution in [1.29, 1.82) is 0 Å². The third kappa shape index (κ3) is 3.68. The summed E-state index contributed by atoms with van der Waals surface area (Å²) < 4.78 is 28.6. The number of hydrogen-bond acceptors (Lipinski definition) is 4. The predicted molar refractivity (Wildman–Crippen MR) is 68.4 cm³/mol. The zero-order chi connectivity index (χ0) is 12.2. The summed E-state index contributed by atoms with van der Waals surface area (Å²) in [6.07, 6.45) is 0. The number of sulfone groups is 1. The van der Waals surface area contributed by atoms with Gasteiger partial charge in [-0.2, -0.15) is 0 Å². The summed E-state index contributed by atoms with van der Waals surface area (Å²) in [4.78, 5) is 0. The summed E-state index contributed by atoms with van der Waals surface area (Å²) in [5, 5.41) is 0. The van der Waals surface area contributed by atoms with E-state index in [1.165, 1.54) is 0 Å². The van der Waals surface area contributed by atoms with Gasteiger partial charge in [0, 0.05) is 5.75 Å². The van der Waals surface area contributed by atoms with Crippen LogP contribution in [-0.2, 0) is 9.84 Å². The summed E-state index contributed by atoms with van der Waals surface area (Å²) in [5.74, 6) is 0.625. The molecule has 1 aromatic rings. The van der Waals surface area contributed by atoms with Crippen LogP contribution in [0.1, 0.15) is 6.92 Å². The fourth-order valence-corrected chi connectivity index (χ4v) is 2.21. The lowest BCUT2D eigenvalue weighted by Crippen LogP contribution is -2.16. The second-order valence-corrected chi connectivity index (χ2v) is 6.57. The predicted octanol–water partition coefficient (Wildman–Crippen LogP) is 1.84. The topological polar surface area (TPSA) is 69.4 Å². The Morgan fingerprint density at radius 2 is 2.12 bits per heavy atom. The third-order valence-electron chi connectivity index (χ3n) is 2.08.